The monoisotopic (exact) mass is 362 g/mol. The van der Waals surface area contributed by atoms with Crippen molar-refractivity contribution in [1.29, 1.82) is 0 Å². The third-order valence-electron chi connectivity index (χ3n) is 4.97. The fourth-order valence-electron chi connectivity index (χ4n) is 3.86. The molecule has 2 fully saturated rings. The summed E-state index contributed by atoms with van der Waals surface area (Å²) in [6, 6.07) is 7.27. The molecule has 1 saturated carbocycles. The van der Waals surface area contributed by atoms with E-state index in [1.165, 1.54) is 6.08 Å². The molecule has 25 heavy (non-hydrogen) atoms. The number of carbonyl (C=O) groups is 2. The molecule has 5 nitrogen and oxygen atoms in total. The molecule has 1 spiro atoms. The van der Waals surface area contributed by atoms with Crippen molar-refractivity contribution in [1.82, 2.24) is 10.2 Å². The van der Waals surface area contributed by atoms with Gasteiger partial charge in [0.05, 0.1) is 11.6 Å². The number of halogens is 1. The van der Waals surface area contributed by atoms with Crippen LogP contribution >= 0.6 is 11.6 Å². The number of ether oxygens (including phenoxy) is 1. The van der Waals surface area contributed by atoms with Crippen molar-refractivity contribution < 1.29 is 14.3 Å². The quantitative estimate of drug-likeness (QED) is 0.599. The smallest absolute Gasteiger partial charge is 0.245 e. The summed E-state index contributed by atoms with van der Waals surface area (Å²) in [5.41, 5.74) is 0.261. The Morgan fingerprint density at radius 1 is 1.36 bits per heavy atom. The topological polar surface area (TPSA) is 58.6 Å². The second-order valence-electron chi connectivity index (χ2n) is 7.01. The lowest BCUT2D eigenvalue weighted by Crippen LogP contribution is -2.63. The van der Waals surface area contributed by atoms with Gasteiger partial charge < -0.3 is 15.0 Å². The molecule has 2 amide bonds. The molecule has 134 valence electrons. The van der Waals surface area contributed by atoms with Crippen LogP contribution in [0.25, 0.3) is 0 Å². The van der Waals surface area contributed by atoms with E-state index in [0.717, 1.165) is 25.9 Å². The average molecular weight is 363 g/mol. The summed E-state index contributed by atoms with van der Waals surface area (Å²) in [7, 11) is 0. The number of hydrogen-bond acceptors (Lipinski definition) is 3. The van der Waals surface area contributed by atoms with Gasteiger partial charge in [-0.1, -0.05) is 30.3 Å². The largest absolute Gasteiger partial charge is 0.490 e. The van der Waals surface area contributed by atoms with E-state index in [-0.39, 0.29) is 17.2 Å². The maximum Gasteiger partial charge on any atom is 0.245 e. The first-order valence-electron chi connectivity index (χ1n) is 8.57. The number of hydrogen-bond donors (Lipinski definition) is 1. The van der Waals surface area contributed by atoms with Crippen LogP contribution in [0.2, 0.25) is 5.02 Å². The summed E-state index contributed by atoms with van der Waals surface area (Å²) in [6.45, 7) is 5.98. The highest BCUT2D eigenvalue weighted by Gasteiger charge is 2.53. The fraction of sp³-hybridized carbons (Fsp3) is 0.474. The predicted molar refractivity (Wildman–Crippen MR) is 96.5 cm³/mol. The lowest BCUT2D eigenvalue weighted by Gasteiger charge is -2.59. The number of likely N-dealkylation sites (tertiary alicyclic amines) is 1. The van der Waals surface area contributed by atoms with E-state index in [0.29, 0.717) is 36.3 Å². The Labute approximate surface area is 153 Å². The molecule has 0 aromatic heterocycles. The molecule has 2 aliphatic rings. The molecule has 1 aliphatic carbocycles. The van der Waals surface area contributed by atoms with E-state index in [1.807, 2.05) is 17.0 Å². The Kier molecular flexibility index (Phi) is 5.33. The van der Waals surface area contributed by atoms with Crippen LogP contribution in [0, 0.1) is 11.3 Å². The summed E-state index contributed by atoms with van der Waals surface area (Å²) in [5.74, 6) is 1.11. The zero-order valence-electron chi connectivity index (χ0n) is 14.2. The van der Waals surface area contributed by atoms with Crippen molar-refractivity contribution in [2.75, 3.05) is 26.2 Å². The number of benzene rings is 1. The summed E-state index contributed by atoms with van der Waals surface area (Å²) in [4.78, 5) is 25.3. The van der Waals surface area contributed by atoms with Crippen molar-refractivity contribution in [3.05, 3.63) is 41.9 Å². The number of amides is 2. The molecule has 1 N–H and O–H groups in total. The van der Waals surface area contributed by atoms with E-state index in [9.17, 15) is 9.59 Å². The molecular formula is C19H23ClN2O3. The van der Waals surface area contributed by atoms with Crippen molar-refractivity contribution in [2.45, 2.75) is 19.3 Å². The van der Waals surface area contributed by atoms with Gasteiger partial charge in [-0.3, -0.25) is 9.59 Å². The first kappa shape index (κ1) is 17.8. The molecule has 1 heterocycles. The van der Waals surface area contributed by atoms with Gasteiger partial charge in [0.2, 0.25) is 11.8 Å². The second-order valence-corrected chi connectivity index (χ2v) is 7.41. The summed E-state index contributed by atoms with van der Waals surface area (Å²) in [5, 5.41) is 3.45. The Morgan fingerprint density at radius 2 is 2.08 bits per heavy atom. The van der Waals surface area contributed by atoms with Gasteiger partial charge in [0, 0.05) is 24.9 Å². The average Bonchev–Trinajstić information content (AvgIpc) is 2.53. The summed E-state index contributed by atoms with van der Waals surface area (Å²) >= 11 is 6.00. The van der Waals surface area contributed by atoms with Crippen LogP contribution in [-0.4, -0.2) is 43.0 Å². The first-order chi connectivity index (χ1) is 12.0. The predicted octanol–water partition coefficient (Wildman–Crippen LogP) is 2.65. The van der Waals surface area contributed by atoms with Crippen LogP contribution < -0.4 is 10.1 Å². The van der Waals surface area contributed by atoms with E-state index in [2.05, 4.69) is 11.9 Å². The van der Waals surface area contributed by atoms with Gasteiger partial charge in [0.15, 0.2) is 0 Å². The minimum Gasteiger partial charge on any atom is -0.490 e. The standard InChI is InChI=1S/C19H23ClN2O3/c1-2-18(24)22-12-19(13-22)10-14(11-19)9-17(23)21-7-8-25-16-6-4-3-5-15(16)20/h2-6,14H,1,7-13H2,(H,21,23). The van der Waals surface area contributed by atoms with Crippen LogP contribution in [0.3, 0.4) is 0 Å². The summed E-state index contributed by atoms with van der Waals surface area (Å²) < 4.78 is 5.54. The van der Waals surface area contributed by atoms with E-state index >= 15 is 0 Å². The maximum atomic E-state index is 12.0. The zero-order valence-corrected chi connectivity index (χ0v) is 14.9. The highest BCUT2D eigenvalue weighted by Crippen LogP contribution is 2.52. The third kappa shape index (κ3) is 4.15. The van der Waals surface area contributed by atoms with E-state index < -0.39 is 0 Å². The Balaban J connectivity index is 1.28. The highest BCUT2D eigenvalue weighted by molar-refractivity contribution is 6.32. The van der Waals surface area contributed by atoms with Crippen LogP contribution in [-0.2, 0) is 9.59 Å². The number of nitrogens with one attached hydrogen (secondary N) is 1. The summed E-state index contributed by atoms with van der Waals surface area (Å²) in [6.07, 6.45) is 3.96. The second kappa shape index (κ2) is 7.48. The van der Waals surface area contributed by atoms with Crippen LogP contribution in [0.4, 0.5) is 0 Å². The van der Waals surface area contributed by atoms with Gasteiger partial charge in [-0.25, -0.2) is 0 Å². The molecule has 1 saturated heterocycles. The van der Waals surface area contributed by atoms with E-state index in [1.54, 1.807) is 12.1 Å². The molecule has 0 atom stereocenters. The Hall–Kier alpha value is -2.01. The number of nitrogens with zero attached hydrogens (tertiary/aromatic N) is 1. The zero-order chi connectivity index (χ0) is 17.9. The molecule has 1 aromatic carbocycles. The molecule has 1 aliphatic heterocycles. The van der Waals surface area contributed by atoms with Crippen LogP contribution in [0.15, 0.2) is 36.9 Å². The lowest BCUT2D eigenvalue weighted by molar-refractivity contribution is -0.152. The minimum absolute atomic E-state index is 0.00494. The Bertz CT molecular complexity index is 662. The molecule has 3 rings (SSSR count). The number of carbonyl (C=O) groups excluding carboxylic acids is 2. The maximum absolute atomic E-state index is 12.0. The molecular weight excluding hydrogens is 340 g/mol. The van der Waals surface area contributed by atoms with Crippen LogP contribution in [0.1, 0.15) is 19.3 Å². The van der Waals surface area contributed by atoms with Gasteiger partial charge >= 0.3 is 0 Å². The Morgan fingerprint density at radius 3 is 2.76 bits per heavy atom. The molecule has 0 bridgehead atoms. The van der Waals surface area contributed by atoms with Gasteiger partial charge in [-0.2, -0.15) is 0 Å². The first-order valence-corrected chi connectivity index (χ1v) is 8.94. The lowest BCUT2D eigenvalue weighted by atomic mass is 9.57. The number of rotatable bonds is 7. The van der Waals surface area contributed by atoms with Crippen molar-refractivity contribution in [2.24, 2.45) is 11.3 Å². The normalized spacial score (nSPS) is 18.2. The SMILES string of the molecule is C=CC(=O)N1CC2(CC(CC(=O)NCCOc3ccccc3Cl)C2)C1. The van der Waals surface area contributed by atoms with Crippen LogP contribution in [0.5, 0.6) is 5.75 Å². The molecule has 0 radical (unpaired) electrons. The van der Waals surface area contributed by atoms with Crippen molar-refractivity contribution in [3.8, 4) is 5.75 Å². The highest BCUT2D eigenvalue weighted by atomic mass is 35.5. The molecule has 0 unspecified atom stereocenters. The van der Waals surface area contributed by atoms with E-state index in [4.69, 9.17) is 16.3 Å². The molecule has 6 heteroatoms. The minimum atomic E-state index is 0.00494. The van der Waals surface area contributed by atoms with Gasteiger partial charge in [0.1, 0.15) is 12.4 Å². The third-order valence-corrected chi connectivity index (χ3v) is 5.29. The van der Waals surface area contributed by atoms with Crippen molar-refractivity contribution >= 4 is 23.4 Å². The van der Waals surface area contributed by atoms with Gasteiger partial charge in [-0.15, -0.1) is 0 Å². The van der Waals surface area contributed by atoms with Crippen molar-refractivity contribution in [3.63, 3.8) is 0 Å². The van der Waals surface area contributed by atoms with Gasteiger partial charge in [-0.05, 0) is 37.0 Å². The number of para-hydroxylation sites is 1. The molecule has 1 aromatic rings. The van der Waals surface area contributed by atoms with Gasteiger partial charge in [0.25, 0.3) is 0 Å². The fourth-order valence-corrected chi connectivity index (χ4v) is 4.05.